The molecule has 2 aliphatic rings. The number of amides is 1. The van der Waals surface area contributed by atoms with Gasteiger partial charge in [-0.3, -0.25) is 9.69 Å². The highest BCUT2D eigenvalue weighted by Gasteiger charge is 2.39. The van der Waals surface area contributed by atoms with E-state index in [1.165, 1.54) is 28.6 Å². The molecule has 1 N–H and O–H groups in total. The third-order valence-corrected chi connectivity index (χ3v) is 9.50. The van der Waals surface area contributed by atoms with Gasteiger partial charge in [0.25, 0.3) is 0 Å². The average Bonchev–Trinajstić information content (AvgIpc) is 3.64. The van der Waals surface area contributed by atoms with Crippen LogP contribution in [0.25, 0.3) is 0 Å². The van der Waals surface area contributed by atoms with E-state index < -0.39 is 51.7 Å². The zero-order valence-corrected chi connectivity index (χ0v) is 25.6. The molecule has 1 amide bonds. The number of rotatable bonds is 13. The van der Waals surface area contributed by atoms with Crippen LogP contribution in [-0.2, 0) is 26.0 Å². The van der Waals surface area contributed by atoms with E-state index in [0.717, 1.165) is 22.6 Å². The number of aliphatic hydroxyl groups is 1. The van der Waals surface area contributed by atoms with Crippen LogP contribution in [0.2, 0.25) is 0 Å². The fourth-order valence-corrected chi connectivity index (χ4v) is 7.00. The van der Waals surface area contributed by atoms with Gasteiger partial charge in [-0.1, -0.05) is 44.2 Å². The minimum absolute atomic E-state index is 0.0166. The molecule has 45 heavy (non-hydrogen) atoms. The van der Waals surface area contributed by atoms with E-state index in [1.54, 1.807) is 0 Å². The second-order valence-electron chi connectivity index (χ2n) is 11.5. The molecular weight excluding hydrogens is 610 g/mol. The number of benzene rings is 3. The first-order valence-corrected chi connectivity index (χ1v) is 15.9. The van der Waals surface area contributed by atoms with Crippen LogP contribution in [0.15, 0.2) is 71.6 Å². The van der Waals surface area contributed by atoms with Gasteiger partial charge in [-0.05, 0) is 48.1 Å². The zero-order chi connectivity index (χ0) is 32.3. The molecule has 0 unspecified atom stereocenters. The quantitative estimate of drug-likeness (QED) is 0.288. The molecule has 5 rings (SSSR count). The van der Waals surface area contributed by atoms with Crippen LogP contribution in [0.5, 0.6) is 11.5 Å². The maximum absolute atomic E-state index is 13.8. The number of hydrogen-bond donors (Lipinski definition) is 1. The van der Waals surface area contributed by atoms with Crippen molar-refractivity contribution >= 4 is 27.6 Å². The summed E-state index contributed by atoms with van der Waals surface area (Å²) in [5.41, 5.74) is 0.850. The fraction of sp³-hybridized carbons (Fsp3) is 0.375. The maximum Gasteiger partial charge on any atom is 0.415 e. The Morgan fingerprint density at radius 2 is 1.73 bits per heavy atom. The fourth-order valence-electron chi connectivity index (χ4n) is 5.37. The molecule has 0 aliphatic carbocycles. The van der Waals surface area contributed by atoms with Crippen molar-refractivity contribution in [3.8, 4) is 11.5 Å². The lowest BCUT2D eigenvalue weighted by molar-refractivity contribution is -0.127. The summed E-state index contributed by atoms with van der Waals surface area (Å²) in [6.45, 7) is 3.26. The van der Waals surface area contributed by atoms with Crippen molar-refractivity contribution in [2.24, 2.45) is 11.8 Å². The second kappa shape index (κ2) is 13.5. The summed E-state index contributed by atoms with van der Waals surface area (Å²) < 4.78 is 72.0. The largest absolute Gasteiger partial charge is 0.454 e. The van der Waals surface area contributed by atoms with E-state index in [0.29, 0.717) is 11.5 Å². The molecule has 0 radical (unpaired) electrons. The number of anilines is 1. The van der Waals surface area contributed by atoms with Crippen LogP contribution in [0, 0.1) is 23.5 Å². The molecule has 3 aromatic rings. The van der Waals surface area contributed by atoms with Gasteiger partial charge in [0.2, 0.25) is 16.8 Å². The normalized spacial score (nSPS) is 17.5. The van der Waals surface area contributed by atoms with Crippen molar-refractivity contribution in [3.05, 3.63) is 83.9 Å². The topological polar surface area (TPSA) is 123 Å². The van der Waals surface area contributed by atoms with Crippen LogP contribution in [0.4, 0.5) is 19.3 Å². The molecule has 0 saturated carbocycles. The molecule has 2 aliphatic heterocycles. The van der Waals surface area contributed by atoms with E-state index >= 15 is 0 Å². The highest BCUT2D eigenvalue weighted by molar-refractivity contribution is 7.89. The summed E-state index contributed by atoms with van der Waals surface area (Å²) in [6, 6.07) is 16.4. The standard InChI is InChI=1S/C32H34F2N2O8S/c1-20(2)16-35(45(40,41)24-9-11-29-30(15-24)43-19-42-29)17-28(38)22(12-21-6-4-3-5-7-21)13-27(37)31-18-36(32(39)44-31)23-8-10-25(33)26(34)14-23/h3-11,14-15,20,22,28,31,38H,12-13,16-19H2,1-2H3/t22-,28-,31+/m1/s1. The summed E-state index contributed by atoms with van der Waals surface area (Å²) >= 11 is 0. The van der Waals surface area contributed by atoms with Crippen LogP contribution in [0.3, 0.4) is 0 Å². The van der Waals surface area contributed by atoms with Gasteiger partial charge in [0, 0.05) is 31.6 Å². The van der Waals surface area contributed by atoms with Gasteiger partial charge in [-0.2, -0.15) is 4.31 Å². The van der Waals surface area contributed by atoms with E-state index in [-0.39, 0.29) is 55.8 Å². The SMILES string of the molecule is CC(C)CN(C[C@@H](O)[C@@H](CC(=O)[C@@H]1CN(c2ccc(F)c(F)c2)C(=O)O1)Cc1ccccc1)S(=O)(=O)c1ccc2c(c1)OCO2. The van der Waals surface area contributed by atoms with E-state index in [2.05, 4.69) is 0 Å². The molecule has 13 heteroatoms. The molecule has 1 fully saturated rings. The lowest BCUT2D eigenvalue weighted by Crippen LogP contribution is -2.43. The molecular formula is C32H34F2N2O8S. The van der Waals surface area contributed by atoms with Crippen LogP contribution >= 0.6 is 0 Å². The van der Waals surface area contributed by atoms with Crippen molar-refractivity contribution in [1.29, 1.82) is 0 Å². The summed E-state index contributed by atoms with van der Waals surface area (Å²) in [4.78, 5) is 27.0. The Labute approximate surface area is 260 Å². The molecule has 240 valence electrons. The van der Waals surface area contributed by atoms with Gasteiger partial charge >= 0.3 is 6.09 Å². The first-order valence-electron chi connectivity index (χ1n) is 14.5. The van der Waals surface area contributed by atoms with Crippen molar-refractivity contribution in [3.63, 3.8) is 0 Å². The highest BCUT2D eigenvalue weighted by atomic mass is 32.2. The summed E-state index contributed by atoms with van der Waals surface area (Å²) in [6.07, 6.45) is -3.39. The number of ether oxygens (including phenoxy) is 3. The maximum atomic E-state index is 13.8. The van der Waals surface area contributed by atoms with Gasteiger partial charge in [-0.25, -0.2) is 22.0 Å². The average molecular weight is 645 g/mol. The molecule has 1 saturated heterocycles. The molecule has 0 aromatic heterocycles. The smallest absolute Gasteiger partial charge is 0.415 e. The van der Waals surface area contributed by atoms with Crippen LogP contribution in [-0.4, -0.2) is 68.3 Å². The number of fused-ring (bicyclic) bond motifs is 1. The third-order valence-electron chi connectivity index (χ3n) is 7.68. The third kappa shape index (κ3) is 7.43. The Hall–Kier alpha value is -4.07. The molecule has 3 aromatic carbocycles. The number of sulfonamides is 1. The minimum atomic E-state index is -4.10. The van der Waals surface area contributed by atoms with E-state index in [1.807, 2.05) is 44.2 Å². The monoisotopic (exact) mass is 644 g/mol. The van der Waals surface area contributed by atoms with Gasteiger partial charge in [-0.15, -0.1) is 0 Å². The van der Waals surface area contributed by atoms with E-state index in [9.17, 15) is 31.9 Å². The first kappa shape index (κ1) is 32.3. The Morgan fingerprint density at radius 1 is 1.00 bits per heavy atom. The Morgan fingerprint density at radius 3 is 2.44 bits per heavy atom. The number of hydrogen-bond acceptors (Lipinski definition) is 8. The zero-order valence-electron chi connectivity index (χ0n) is 24.8. The van der Waals surface area contributed by atoms with E-state index in [4.69, 9.17) is 14.2 Å². The van der Waals surface area contributed by atoms with Crippen molar-refractivity contribution in [2.45, 2.75) is 43.8 Å². The summed E-state index contributed by atoms with van der Waals surface area (Å²) in [5.74, 6) is -2.83. The number of ketones is 1. The Kier molecular flexibility index (Phi) is 9.70. The lowest BCUT2D eigenvalue weighted by atomic mass is 9.88. The molecule has 3 atom stereocenters. The van der Waals surface area contributed by atoms with Crippen LogP contribution in [0.1, 0.15) is 25.8 Å². The lowest BCUT2D eigenvalue weighted by Gasteiger charge is -2.30. The highest BCUT2D eigenvalue weighted by Crippen LogP contribution is 2.35. The Balaban J connectivity index is 1.35. The number of carbonyl (C=O) groups is 2. The second-order valence-corrected chi connectivity index (χ2v) is 13.4. The summed E-state index contributed by atoms with van der Waals surface area (Å²) in [5, 5.41) is 11.6. The van der Waals surface area contributed by atoms with Crippen LogP contribution < -0.4 is 14.4 Å². The van der Waals surface area contributed by atoms with Crippen molar-refractivity contribution in [1.82, 2.24) is 4.31 Å². The number of aliphatic hydroxyl groups excluding tert-OH is 1. The number of halogens is 2. The number of Topliss-reactive ketones (excluding diaryl/α,β-unsaturated/α-hetero) is 1. The van der Waals surface area contributed by atoms with Gasteiger partial charge in [0.15, 0.2) is 35.0 Å². The summed E-state index contributed by atoms with van der Waals surface area (Å²) in [7, 11) is -4.10. The number of cyclic esters (lactones) is 1. The van der Waals surface area contributed by atoms with Gasteiger partial charge in [0.1, 0.15) is 0 Å². The molecule has 10 nitrogen and oxygen atoms in total. The van der Waals surface area contributed by atoms with Gasteiger partial charge < -0.3 is 19.3 Å². The van der Waals surface area contributed by atoms with Crippen molar-refractivity contribution in [2.75, 3.05) is 31.3 Å². The number of nitrogens with zero attached hydrogens (tertiary/aromatic N) is 2. The molecule has 2 heterocycles. The minimum Gasteiger partial charge on any atom is -0.454 e. The first-order chi connectivity index (χ1) is 21.4. The molecule has 0 bridgehead atoms. The predicted octanol–water partition coefficient (Wildman–Crippen LogP) is 4.54. The Bertz CT molecular complexity index is 1650. The molecule has 0 spiro atoms. The van der Waals surface area contributed by atoms with Gasteiger partial charge in [0.05, 0.1) is 23.2 Å². The van der Waals surface area contributed by atoms with Crippen molar-refractivity contribution < 1.29 is 46.1 Å². The number of carbonyl (C=O) groups excluding carboxylic acids is 2. The predicted molar refractivity (Wildman–Crippen MR) is 159 cm³/mol.